The Morgan fingerprint density at radius 2 is 1.64 bits per heavy atom. The first kappa shape index (κ1) is 22.0. The topological polar surface area (TPSA) is 66.5 Å². The summed E-state index contributed by atoms with van der Waals surface area (Å²) in [5, 5.41) is 0. The van der Waals surface area contributed by atoms with Crippen molar-refractivity contribution in [3.05, 3.63) is 65.5 Å². The highest BCUT2D eigenvalue weighted by Gasteiger charge is 2.31. The SMILES string of the molecule is CCc1ccc(CN(C)C(=O)C(NS(=O)(=O)c2ccccc2F)C(C)C)cc1. The first-order valence-electron chi connectivity index (χ1n) is 9.25. The Kier molecular flexibility index (Phi) is 7.32. The maximum Gasteiger partial charge on any atom is 0.244 e. The molecule has 1 atom stereocenters. The zero-order chi connectivity index (χ0) is 20.9. The number of hydrogen-bond acceptors (Lipinski definition) is 3. The first-order chi connectivity index (χ1) is 13.2. The highest BCUT2D eigenvalue weighted by molar-refractivity contribution is 7.89. The zero-order valence-corrected chi connectivity index (χ0v) is 17.5. The number of hydrogen-bond donors (Lipinski definition) is 1. The van der Waals surface area contributed by atoms with E-state index in [2.05, 4.69) is 11.6 Å². The van der Waals surface area contributed by atoms with Crippen molar-refractivity contribution >= 4 is 15.9 Å². The number of amides is 1. The minimum atomic E-state index is -4.17. The summed E-state index contributed by atoms with van der Waals surface area (Å²) in [4.78, 5) is 13.9. The van der Waals surface area contributed by atoms with Crippen LogP contribution >= 0.6 is 0 Å². The van der Waals surface area contributed by atoms with Gasteiger partial charge < -0.3 is 4.90 Å². The van der Waals surface area contributed by atoms with Crippen LogP contribution in [0.3, 0.4) is 0 Å². The van der Waals surface area contributed by atoms with E-state index in [1.165, 1.54) is 28.7 Å². The molecule has 2 aromatic carbocycles. The number of halogens is 1. The third kappa shape index (κ3) is 5.39. The van der Waals surface area contributed by atoms with Crippen LogP contribution < -0.4 is 4.72 Å². The molecule has 2 aromatic rings. The molecule has 0 aromatic heterocycles. The first-order valence-corrected chi connectivity index (χ1v) is 10.7. The molecular weight excluding hydrogens is 379 g/mol. The molecule has 1 unspecified atom stereocenters. The molecule has 7 heteroatoms. The van der Waals surface area contributed by atoms with E-state index in [-0.39, 0.29) is 11.8 Å². The van der Waals surface area contributed by atoms with Gasteiger partial charge in [0.25, 0.3) is 0 Å². The monoisotopic (exact) mass is 406 g/mol. The summed E-state index contributed by atoms with van der Waals surface area (Å²) in [7, 11) is -2.54. The van der Waals surface area contributed by atoms with Crippen LogP contribution in [-0.4, -0.2) is 32.3 Å². The number of carbonyl (C=O) groups excluding carboxylic acids is 1. The molecule has 28 heavy (non-hydrogen) atoms. The van der Waals surface area contributed by atoms with Crippen LogP contribution in [0.25, 0.3) is 0 Å². The maximum atomic E-state index is 13.9. The van der Waals surface area contributed by atoms with Crippen LogP contribution in [0, 0.1) is 11.7 Å². The molecule has 5 nitrogen and oxygen atoms in total. The van der Waals surface area contributed by atoms with Crippen molar-refractivity contribution in [2.45, 2.75) is 44.7 Å². The van der Waals surface area contributed by atoms with Gasteiger partial charge >= 0.3 is 0 Å². The molecule has 0 aliphatic rings. The van der Waals surface area contributed by atoms with Crippen LogP contribution in [0.15, 0.2) is 53.4 Å². The molecule has 0 radical (unpaired) electrons. The number of rotatable bonds is 8. The van der Waals surface area contributed by atoms with Crippen LogP contribution in [0.4, 0.5) is 4.39 Å². The van der Waals surface area contributed by atoms with Crippen LogP contribution in [-0.2, 0) is 27.8 Å². The number of carbonyl (C=O) groups is 1. The third-order valence-electron chi connectivity index (χ3n) is 4.57. The molecule has 0 spiro atoms. The smallest absolute Gasteiger partial charge is 0.244 e. The van der Waals surface area contributed by atoms with Gasteiger partial charge in [-0.25, -0.2) is 12.8 Å². The predicted molar refractivity (Wildman–Crippen MR) is 108 cm³/mol. The van der Waals surface area contributed by atoms with Crippen molar-refractivity contribution in [3.8, 4) is 0 Å². The largest absolute Gasteiger partial charge is 0.340 e. The van der Waals surface area contributed by atoms with E-state index in [9.17, 15) is 17.6 Å². The second-order valence-electron chi connectivity index (χ2n) is 7.14. The van der Waals surface area contributed by atoms with Crippen molar-refractivity contribution in [1.82, 2.24) is 9.62 Å². The van der Waals surface area contributed by atoms with Gasteiger partial charge in [-0.15, -0.1) is 0 Å². The molecule has 1 N–H and O–H groups in total. The maximum absolute atomic E-state index is 13.9. The van der Waals surface area contributed by atoms with Crippen LogP contribution in [0.2, 0.25) is 0 Å². The molecule has 2 rings (SSSR count). The number of likely N-dealkylation sites (N-methyl/N-ethyl adjacent to an activating group) is 1. The van der Waals surface area contributed by atoms with Gasteiger partial charge in [-0.1, -0.05) is 57.2 Å². The number of benzene rings is 2. The second-order valence-corrected chi connectivity index (χ2v) is 8.82. The van der Waals surface area contributed by atoms with E-state index in [0.717, 1.165) is 18.1 Å². The zero-order valence-electron chi connectivity index (χ0n) is 16.6. The van der Waals surface area contributed by atoms with Gasteiger partial charge in [0.2, 0.25) is 15.9 Å². The fourth-order valence-corrected chi connectivity index (χ4v) is 4.25. The lowest BCUT2D eigenvalue weighted by Gasteiger charge is -2.27. The molecule has 0 heterocycles. The Morgan fingerprint density at radius 3 is 2.18 bits per heavy atom. The van der Waals surface area contributed by atoms with Crippen LogP contribution in [0.1, 0.15) is 31.9 Å². The molecule has 0 saturated carbocycles. The average Bonchev–Trinajstić information content (AvgIpc) is 2.66. The molecule has 0 saturated heterocycles. The van der Waals surface area contributed by atoms with Crippen LogP contribution in [0.5, 0.6) is 0 Å². The van der Waals surface area contributed by atoms with E-state index >= 15 is 0 Å². The average molecular weight is 407 g/mol. The van der Waals surface area contributed by atoms with Gasteiger partial charge in [0.05, 0.1) is 0 Å². The van der Waals surface area contributed by atoms with Gasteiger partial charge in [-0.05, 0) is 35.6 Å². The fourth-order valence-electron chi connectivity index (χ4n) is 2.83. The Labute approximate surface area is 166 Å². The minimum Gasteiger partial charge on any atom is -0.340 e. The summed E-state index contributed by atoms with van der Waals surface area (Å²) >= 11 is 0. The molecule has 1 amide bonds. The van der Waals surface area contributed by atoms with Gasteiger partial charge in [0, 0.05) is 13.6 Å². The summed E-state index contributed by atoms with van der Waals surface area (Å²) < 4.78 is 41.5. The van der Waals surface area contributed by atoms with Crippen molar-refractivity contribution in [3.63, 3.8) is 0 Å². The Hall–Kier alpha value is -2.25. The Bertz CT molecular complexity index is 912. The van der Waals surface area contributed by atoms with Gasteiger partial charge in [0.15, 0.2) is 0 Å². The van der Waals surface area contributed by atoms with Crippen molar-refractivity contribution < 1.29 is 17.6 Å². The van der Waals surface area contributed by atoms with Gasteiger partial charge in [0.1, 0.15) is 16.8 Å². The number of sulfonamides is 1. The minimum absolute atomic E-state index is 0.307. The quantitative estimate of drug-likeness (QED) is 0.731. The Balaban J connectivity index is 2.17. The highest BCUT2D eigenvalue weighted by Crippen LogP contribution is 2.17. The van der Waals surface area contributed by atoms with E-state index in [1.54, 1.807) is 20.9 Å². The lowest BCUT2D eigenvalue weighted by Crippen LogP contribution is -2.50. The lowest BCUT2D eigenvalue weighted by molar-refractivity contribution is -0.133. The molecule has 0 fully saturated rings. The number of nitrogens with one attached hydrogen (secondary N) is 1. The lowest BCUT2D eigenvalue weighted by atomic mass is 10.0. The molecular formula is C21H27FN2O3S. The normalized spacial score (nSPS) is 12.8. The van der Waals surface area contributed by atoms with E-state index < -0.39 is 26.8 Å². The van der Waals surface area contributed by atoms with E-state index in [4.69, 9.17) is 0 Å². The fraction of sp³-hybridized carbons (Fsp3) is 0.381. The molecule has 0 aliphatic carbocycles. The number of aryl methyl sites for hydroxylation is 1. The summed E-state index contributed by atoms with van der Waals surface area (Å²) in [6.07, 6.45) is 0.933. The van der Waals surface area contributed by atoms with Crippen molar-refractivity contribution in [2.24, 2.45) is 5.92 Å². The summed E-state index contributed by atoms with van der Waals surface area (Å²) in [6, 6.07) is 12.0. The second kappa shape index (κ2) is 9.30. The summed E-state index contributed by atoms with van der Waals surface area (Å²) in [6.45, 7) is 5.92. The van der Waals surface area contributed by atoms with E-state index in [0.29, 0.717) is 6.54 Å². The standard InChI is InChI=1S/C21H27FN2O3S/c1-5-16-10-12-17(13-11-16)14-24(4)21(25)20(15(2)3)23-28(26,27)19-9-7-6-8-18(19)22/h6-13,15,20,23H,5,14H2,1-4H3. The van der Waals surface area contributed by atoms with Crippen molar-refractivity contribution in [2.75, 3.05) is 7.05 Å². The number of nitrogens with zero attached hydrogens (tertiary/aromatic N) is 1. The highest BCUT2D eigenvalue weighted by atomic mass is 32.2. The summed E-state index contributed by atoms with van der Waals surface area (Å²) in [5.41, 5.74) is 2.16. The van der Waals surface area contributed by atoms with Gasteiger partial charge in [-0.2, -0.15) is 4.72 Å². The van der Waals surface area contributed by atoms with Crippen molar-refractivity contribution in [1.29, 1.82) is 0 Å². The molecule has 152 valence electrons. The van der Waals surface area contributed by atoms with E-state index in [1.807, 2.05) is 24.3 Å². The summed E-state index contributed by atoms with van der Waals surface area (Å²) in [5.74, 6) is -1.53. The molecule has 0 bridgehead atoms. The Morgan fingerprint density at radius 1 is 1.07 bits per heavy atom. The molecule has 0 aliphatic heterocycles. The predicted octanol–water partition coefficient (Wildman–Crippen LogP) is 3.35. The van der Waals surface area contributed by atoms with Gasteiger partial charge in [-0.3, -0.25) is 4.79 Å². The third-order valence-corrected chi connectivity index (χ3v) is 6.04.